The molecule has 3 heterocycles. The number of amides is 2. The maximum Gasteiger partial charge on any atom is 0.257 e. The van der Waals surface area contributed by atoms with Gasteiger partial charge in [-0.05, 0) is 38.3 Å². The molecule has 1 aromatic carbocycles. The SMILES string of the molecule is CCn1cc(C(=O)N2CC[C@H](Oc3ccccc3)[C@@H](CC(=O)N3CCCCC3)C2)cn1. The smallest absolute Gasteiger partial charge is 0.257 e. The lowest BCUT2D eigenvalue weighted by Gasteiger charge is -2.39. The first kappa shape index (κ1) is 21.4. The molecule has 2 aliphatic rings. The first-order valence-electron chi connectivity index (χ1n) is 11.4. The van der Waals surface area contributed by atoms with Crippen LogP contribution in [0.5, 0.6) is 5.75 Å². The van der Waals surface area contributed by atoms with Gasteiger partial charge in [0, 0.05) is 57.7 Å². The van der Waals surface area contributed by atoms with Gasteiger partial charge >= 0.3 is 0 Å². The van der Waals surface area contributed by atoms with E-state index >= 15 is 0 Å². The van der Waals surface area contributed by atoms with Crippen LogP contribution >= 0.6 is 0 Å². The van der Waals surface area contributed by atoms with Crippen LogP contribution in [0.15, 0.2) is 42.7 Å². The van der Waals surface area contributed by atoms with E-state index in [1.807, 2.05) is 47.1 Å². The Balaban J connectivity index is 1.47. The van der Waals surface area contributed by atoms with Crippen molar-refractivity contribution in [3.8, 4) is 5.75 Å². The van der Waals surface area contributed by atoms with Gasteiger partial charge < -0.3 is 14.5 Å². The fraction of sp³-hybridized carbons (Fsp3) is 0.542. The monoisotopic (exact) mass is 424 g/mol. The van der Waals surface area contributed by atoms with E-state index in [1.54, 1.807) is 17.1 Å². The second-order valence-corrected chi connectivity index (χ2v) is 8.50. The van der Waals surface area contributed by atoms with E-state index in [4.69, 9.17) is 4.74 Å². The van der Waals surface area contributed by atoms with Crippen LogP contribution in [-0.4, -0.2) is 63.7 Å². The minimum atomic E-state index is -0.0847. The third-order valence-electron chi connectivity index (χ3n) is 6.33. The summed E-state index contributed by atoms with van der Waals surface area (Å²) in [6.45, 7) is 5.54. The van der Waals surface area contributed by atoms with E-state index < -0.39 is 0 Å². The zero-order chi connectivity index (χ0) is 21.6. The number of hydrogen-bond donors (Lipinski definition) is 0. The minimum Gasteiger partial charge on any atom is -0.490 e. The number of rotatable bonds is 6. The maximum atomic E-state index is 13.1. The zero-order valence-corrected chi connectivity index (χ0v) is 18.3. The summed E-state index contributed by atoms with van der Waals surface area (Å²) in [6.07, 6.45) is 7.81. The van der Waals surface area contributed by atoms with Crippen molar-refractivity contribution in [3.05, 3.63) is 48.3 Å². The standard InChI is InChI=1S/C24H32N4O3/c1-2-28-18-20(16-25-28)24(30)27-14-11-22(31-21-9-5-3-6-10-21)19(17-27)15-23(29)26-12-7-4-8-13-26/h3,5-6,9-10,16,18-19,22H,2,4,7-8,11-15,17H2,1H3/t19-,22-/m0/s1. The molecule has 4 rings (SSSR count). The van der Waals surface area contributed by atoms with Crippen LogP contribution in [-0.2, 0) is 11.3 Å². The average Bonchev–Trinajstić information content (AvgIpc) is 3.30. The molecule has 0 spiro atoms. The molecule has 7 heteroatoms. The van der Waals surface area contributed by atoms with Crippen LogP contribution in [0.25, 0.3) is 0 Å². The molecule has 2 atom stereocenters. The number of ether oxygens (including phenoxy) is 1. The van der Waals surface area contributed by atoms with Crippen molar-refractivity contribution in [1.82, 2.24) is 19.6 Å². The highest BCUT2D eigenvalue weighted by Crippen LogP contribution is 2.27. The zero-order valence-electron chi connectivity index (χ0n) is 18.3. The van der Waals surface area contributed by atoms with Gasteiger partial charge in [-0.2, -0.15) is 5.10 Å². The fourth-order valence-corrected chi connectivity index (χ4v) is 4.55. The second-order valence-electron chi connectivity index (χ2n) is 8.50. The Morgan fingerprint density at radius 2 is 1.84 bits per heavy atom. The molecule has 7 nitrogen and oxygen atoms in total. The fourth-order valence-electron chi connectivity index (χ4n) is 4.55. The predicted octanol–water partition coefficient (Wildman–Crippen LogP) is 3.22. The van der Waals surface area contributed by atoms with Gasteiger partial charge in [-0.25, -0.2) is 0 Å². The second kappa shape index (κ2) is 9.98. The topological polar surface area (TPSA) is 67.7 Å². The number of aromatic nitrogens is 2. The number of piperidine rings is 2. The molecule has 31 heavy (non-hydrogen) atoms. The largest absolute Gasteiger partial charge is 0.490 e. The number of aryl methyl sites for hydroxylation is 1. The lowest BCUT2D eigenvalue weighted by Crippen LogP contribution is -2.49. The normalized spacial score (nSPS) is 21.7. The number of nitrogens with zero attached hydrogens (tertiary/aromatic N) is 4. The summed E-state index contributed by atoms with van der Waals surface area (Å²) in [5.41, 5.74) is 0.602. The molecule has 2 amide bonds. The van der Waals surface area contributed by atoms with Crippen molar-refractivity contribution in [2.24, 2.45) is 5.92 Å². The van der Waals surface area contributed by atoms with Gasteiger partial charge in [0.15, 0.2) is 0 Å². The molecule has 0 radical (unpaired) electrons. The molecule has 0 bridgehead atoms. The number of hydrogen-bond acceptors (Lipinski definition) is 4. The van der Waals surface area contributed by atoms with Crippen LogP contribution < -0.4 is 4.74 Å². The summed E-state index contributed by atoms with van der Waals surface area (Å²) < 4.78 is 8.05. The summed E-state index contributed by atoms with van der Waals surface area (Å²) in [6, 6.07) is 9.75. The summed E-state index contributed by atoms with van der Waals surface area (Å²) in [4.78, 5) is 29.9. The van der Waals surface area contributed by atoms with Crippen LogP contribution in [0.4, 0.5) is 0 Å². The minimum absolute atomic E-state index is 0.0201. The Hall–Kier alpha value is -2.83. The summed E-state index contributed by atoms with van der Waals surface area (Å²) in [5.74, 6) is 0.938. The Morgan fingerprint density at radius 1 is 1.06 bits per heavy atom. The number of carbonyl (C=O) groups excluding carboxylic acids is 2. The highest BCUT2D eigenvalue weighted by Gasteiger charge is 2.36. The van der Waals surface area contributed by atoms with Crippen LogP contribution in [0, 0.1) is 5.92 Å². The van der Waals surface area contributed by atoms with Crippen molar-refractivity contribution in [2.45, 2.75) is 51.7 Å². The summed E-state index contributed by atoms with van der Waals surface area (Å²) in [5, 5.41) is 4.23. The van der Waals surface area contributed by atoms with Crippen LogP contribution in [0.1, 0.15) is 49.4 Å². The predicted molar refractivity (Wildman–Crippen MR) is 118 cm³/mol. The molecule has 166 valence electrons. The van der Waals surface area contributed by atoms with Gasteiger partial charge in [0.25, 0.3) is 5.91 Å². The van der Waals surface area contributed by atoms with E-state index in [2.05, 4.69) is 5.10 Å². The number of para-hydroxylation sites is 1. The van der Waals surface area contributed by atoms with E-state index in [0.29, 0.717) is 31.5 Å². The maximum absolute atomic E-state index is 13.1. The van der Waals surface area contributed by atoms with Crippen LogP contribution in [0.3, 0.4) is 0 Å². The summed E-state index contributed by atoms with van der Waals surface area (Å²) >= 11 is 0. The van der Waals surface area contributed by atoms with Gasteiger partial charge in [0.05, 0.1) is 11.8 Å². The van der Waals surface area contributed by atoms with Crippen molar-refractivity contribution < 1.29 is 14.3 Å². The molecular formula is C24H32N4O3. The third kappa shape index (κ3) is 5.27. The number of carbonyl (C=O) groups is 2. The average molecular weight is 425 g/mol. The lowest BCUT2D eigenvalue weighted by atomic mass is 9.90. The third-order valence-corrected chi connectivity index (χ3v) is 6.33. The van der Waals surface area contributed by atoms with Crippen molar-refractivity contribution in [1.29, 1.82) is 0 Å². The van der Waals surface area contributed by atoms with Crippen molar-refractivity contribution >= 4 is 11.8 Å². The van der Waals surface area contributed by atoms with E-state index in [9.17, 15) is 9.59 Å². The van der Waals surface area contributed by atoms with E-state index in [-0.39, 0.29) is 23.8 Å². The molecule has 0 unspecified atom stereocenters. The first-order valence-corrected chi connectivity index (χ1v) is 11.4. The molecular weight excluding hydrogens is 392 g/mol. The molecule has 0 N–H and O–H groups in total. The van der Waals surface area contributed by atoms with Gasteiger partial charge in [-0.15, -0.1) is 0 Å². The quantitative estimate of drug-likeness (QED) is 0.714. The molecule has 2 aliphatic heterocycles. The molecule has 2 fully saturated rings. The van der Waals surface area contributed by atoms with Gasteiger partial charge in [0.2, 0.25) is 5.91 Å². The highest BCUT2D eigenvalue weighted by molar-refractivity contribution is 5.93. The Kier molecular flexibility index (Phi) is 6.89. The number of benzene rings is 1. The van der Waals surface area contributed by atoms with Crippen LogP contribution in [0.2, 0.25) is 0 Å². The first-order chi connectivity index (χ1) is 15.1. The van der Waals surface area contributed by atoms with Gasteiger partial charge in [0.1, 0.15) is 11.9 Å². The molecule has 0 aliphatic carbocycles. The van der Waals surface area contributed by atoms with Crippen molar-refractivity contribution in [2.75, 3.05) is 26.2 Å². The van der Waals surface area contributed by atoms with Gasteiger partial charge in [-0.1, -0.05) is 18.2 Å². The molecule has 2 aromatic rings. The van der Waals surface area contributed by atoms with Crippen molar-refractivity contribution in [3.63, 3.8) is 0 Å². The van der Waals surface area contributed by atoms with E-state index in [0.717, 1.165) is 38.2 Å². The molecule has 0 saturated carbocycles. The van der Waals surface area contributed by atoms with E-state index in [1.165, 1.54) is 6.42 Å². The molecule has 1 aromatic heterocycles. The summed E-state index contributed by atoms with van der Waals surface area (Å²) in [7, 11) is 0. The molecule has 2 saturated heterocycles. The van der Waals surface area contributed by atoms with Gasteiger partial charge in [-0.3, -0.25) is 14.3 Å². The Morgan fingerprint density at radius 3 is 2.55 bits per heavy atom. The Labute approximate surface area is 184 Å². The number of likely N-dealkylation sites (tertiary alicyclic amines) is 2. The highest BCUT2D eigenvalue weighted by atomic mass is 16.5. The lowest BCUT2D eigenvalue weighted by molar-refractivity contribution is -0.134. The Bertz CT molecular complexity index is 876.